The molecule has 0 radical (unpaired) electrons. The second kappa shape index (κ2) is 10.5. The molecule has 0 aliphatic heterocycles. The maximum atomic E-state index is 4.22. The summed E-state index contributed by atoms with van der Waals surface area (Å²) in [7, 11) is 3.69. The highest BCUT2D eigenvalue weighted by atomic mass is 127. The van der Waals surface area contributed by atoms with Crippen molar-refractivity contribution in [2.45, 2.75) is 23.6 Å². The van der Waals surface area contributed by atoms with Crippen molar-refractivity contribution in [1.29, 1.82) is 0 Å². The molecule has 8 heteroatoms. The lowest BCUT2D eigenvalue weighted by Gasteiger charge is -2.15. The molecule has 1 aromatic heterocycles. The summed E-state index contributed by atoms with van der Waals surface area (Å²) >= 11 is 1.84. The van der Waals surface area contributed by atoms with Gasteiger partial charge in [0.05, 0.1) is 6.54 Å². The Labute approximate surface area is 158 Å². The van der Waals surface area contributed by atoms with Crippen LogP contribution in [0, 0.1) is 0 Å². The van der Waals surface area contributed by atoms with E-state index in [-0.39, 0.29) is 24.0 Å². The van der Waals surface area contributed by atoms with E-state index in [2.05, 4.69) is 57.0 Å². The van der Waals surface area contributed by atoms with E-state index < -0.39 is 0 Å². The first-order valence-electron chi connectivity index (χ1n) is 7.18. The Morgan fingerprint density at radius 3 is 2.65 bits per heavy atom. The van der Waals surface area contributed by atoms with Crippen LogP contribution in [0.2, 0.25) is 0 Å². The fraction of sp³-hybridized carbons (Fsp3) is 0.400. The molecule has 2 N–H and O–H groups in total. The van der Waals surface area contributed by atoms with Gasteiger partial charge in [-0.3, -0.25) is 4.99 Å². The molecule has 0 spiro atoms. The summed E-state index contributed by atoms with van der Waals surface area (Å²) in [6.07, 6.45) is 1.69. The highest BCUT2D eigenvalue weighted by Gasteiger charge is 2.07. The topological polar surface area (TPSA) is 67.1 Å². The van der Waals surface area contributed by atoms with Crippen molar-refractivity contribution in [2.24, 2.45) is 12.0 Å². The average Bonchev–Trinajstić information content (AvgIpc) is 2.94. The van der Waals surface area contributed by atoms with Crippen LogP contribution in [-0.4, -0.2) is 39.6 Å². The van der Waals surface area contributed by atoms with E-state index in [1.54, 1.807) is 13.4 Å². The van der Waals surface area contributed by atoms with Gasteiger partial charge < -0.3 is 15.2 Å². The van der Waals surface area contributed by atoms with Gasteiger partial charge >= 0.3 is 0 Å². The van der Waals surface area contributed by atoms with Crippen LogP contribution in [0.15, 0.2) is 46.5 Å². The zero-order valence-electron chi connectivity index (χ0n) is 13.6. The van der Waals surface area contributed by atoms with Crippen molar-refractivity contribution in [1.82, 2.24) is 25.4 Å². The normalized spacial score (nSPS) is 12.4. The minimum absolute atomic E-state index is 0. The molecule has 0 saturated carbocycles. The van der Waals surface area contributed by atoms with Crippen LogP contribution in [0.4, 0.5) is 0 Å². The number of halogens is 1. The Hall–Kier alpha value is -1.29. The van der Waals surface area contributed by atoms with E-state index in [1.165, 1.54) is 4.90 Å². The highest BCUT2D eigenvalue weighted by Crippen LogP contribution is 2.21. The monoisotopic (exact) mass is 446 g/mol. The lowest BCUT2D eigenvalue weighted by molar-refractivity contribution is 0.723. The van der Waals surface area contributed by atoms with Gasteiger partial charge in [0.15, 0.2) is 11.8 Å². The minimum Gasteiger partial charge on any atom is -0.355 e. The van der Waals surface area contributed by atoms with Crippen LogP contribution in [0.25, 0.3) is 0 Å². The van der Waals surface area contributed by atoms with E-state index in [0.29, 0.717) is 11.8 Å². The van der Waals surface area contributed by atoms with Gasteiger partial charge in [-0.25, -0.2) is 0 Å². The molecule has 6 nitrogen and oxygen atoms in total. The lowest BCUT2D eigenvalue weighted by atomic mass is 10.4. The smallest absolute Gasteiger partial charge is 0.191 e. The average molecular weight is 446 g/mol. The van der Waals surface area contributed by atoms with Crippen LogP contribution in [0.3, 0.4) is 0 Å². The summed E-state index contributed by atoms with van der Waals surface area (Å²) in [4.78, 5) is 5.50. The van der Waals surface area contributed by atoms with Crippen LogP contribution in [0.5, 0.6) is 0 Å². The maximum Gasteiger partial charge on any atom is 0.191 e. The Balaban J connectivity index is 0.00000264. The first-order chi connectivity index (χ1) is 10.7. The molecule has 0 fully saturated rings. The molecule has 0 aliphatic rings. The van der Waals surface area contributed by atoms with E-state index in [1.807, 2.05) is 29.4 Å². The van der Waals surface area contributed by atoms with Gasteiger partial charge in [-0.2, -0.15) is 0 Å². The van der Waals surface area contributed by atoms with Crippen LogP contribution >= 0.6 is 35.7 Å². The number of benzene rings is 1. The van der Waals surface area contributed by atoms with Gasteiger partial charge in [-0.15, -0.1) is 45.9 Å². The number of aryl methyl sites for hydroxylation is 1. The maximum absolute atomic E-state index is 4.22. The van der Waals surface area contributed by atoms with Gasteiger partial charge in [0.25, 0.3) is 0 Å². The highest BCUT2D eigenvalue weighted by molar-refractivity contribution is 14.0. The quantitative estimate of drug-likeness (QED) is 0.309. The molecule has 1 aromatic carbocycles. The molecule has 23 heavy (non-hydrogen) atoms. The molecule has 126 valence electrons. The number of nitrogens with one attached hydrogen (secondary N) is 2. The largest absolute Gasteiger partial charge is 0.355 e. The number of aliphatic imine (C=N–C) groups is 1. The Kier molecular flexibility index (Phi) is 9.00. The lowest BCUT2D eigenvalue weighted by Crippen LogP contribution is -2.40. The first-order valence-corrected chi connectivity index (χ1v) is 8.06. The van der Waals surface area contributed by atoms with E-state index in [0.717, 1.165) is 18.3 Å². The third-order valence-corrected chi connectivity index (χ3v) is 4.19. The molecule has 2 aromatic rings. The van der Waals surface area contributed by atoms with Crippen molar-refractivity contribution in [3.8, 4) is 0 Å². The number of rotatable bonds is 6. The van der Waals surface area contributed by atoms with Gasteiger partial charge in [-0.05, 0) is 12.1 Å². The summed E-state index contributed by atoms with van der Waals surface area (Å²) in [5.41, 5.74) is 0. The van der Waals surface area contributed by atoms with Gasteiger partial charge in [0.2, 0.25) is 0 Å². The summed E-state index contributed by atoms with van der Waals surface area (Å²) in [5, 5.41) is 14.9. The molecule has 1 heterocycles. The number of nitrogens with zero attached hydrogens (tertiary/aromatic N) is 4. The van der Waals surface area contributed by atoms with Crippen molar-refractivity contribution >= 4 is 41.7 Å². The molecule has 0 aliphatic carbocycles. The molecule has 0 saturated heterocycles. The molecule has 0 amide bonds. The van der Waals surface area contributed by atoms with E-state index in [9.17, 15) is 0 Å². The van der Waals surface area contributed by atoms with Crippen molar-refractivity contribution in [3.63, 3.8) is 0 Å². The molecule has 2 rings (SSSR count). The van der Waals surface area contributed by atoms with Gasteiger partial charge in [-0.1, -0.05) is 25.1 Å². The summed E-state index contributed by atoms with van der Waals surface area (Å²) in [6, 6.07) is 10.4. The number of aromatic nitrogens is 3. The second-order valence-corrected chi connectivity index (χ2v) is 6.42. The number of thioether (sulfide) groups is 1. The fourth-order valence-corrected chi connectivity index (χ4v) is 2.81. The minimum atomic E-state index is 0. The van der Waals surface area contributed by atoms with Crippen LogP contribution < -0.4 is 10.6 Å². The van der Waals surface area contributed by atoms with Crippen molar-refractivity contribution < 1.29 is 0 Å². The third kappa shape index (κ3) is 6.78. The molecular weight excluding hydrogens is 423 g/mol. The summed E-state index contributed by atoms with van der Waals surface area (Å²) < 4.78 is 1.88. The van der Waals surface area contributed by atoms with Gasteiger partial charge in [0.1, 0.15) is 6.33 Å². The van der Waals surface area contributed by atoms with Crippen LogP contribution in [-0.2, 0) is 13.6 Å². The third-order valence-electron chi connectivity index (χ3n) is 3.08. The van der Waals surface area contributed by atoms with Gasteiger partial charge in [0, 0.05) is 30.8 Å². The van der Waals surface area contributed by atoms with Crippen molar-refractivity contribution in [2.75, 3.05) is 13.6 Å². The summed E-state index contributed by atoms with van der Waals surface area (Å²) in [6.45, 7) is 3.62. The van der Waals surface area contributed by atoms with Crippen molar-refractivity contribution in [3.05, 3.63) is 42.5 Å². The molecule has 0 bridgehead atoms. The Morgan fingerprint density at radius 2 is 2.04 bits per heavy atom. The zero-order valence-corrected chi connectivity index (χ0v) is 16.7. The Morgan fingerprint density at radius 1 is 1.30 bits per heavy atom. The van der Waals surface area contributed by atoms with E-state index >= 15 is 0 Å². The SMILES string of the molecule is CN=C(NCc1nncn1C)NCC(C)Sc1ccccc1.I. The predicted molar refractivity (Wildman–Crippen MR) is 106 cm³/mol. The van der Waals surface area contributed by atoms with Crippen LogP contribution in [0.1, 0.15) is 12.7 Å². The summed E-state index contributed by atoms with van der Waals surface area (Å²) in [5.74, 6) is 1.64. The molecular formula is C15H23IN6S. The fourth-order valence-electron chi connectivity index (χ4n) is 1.86. The second-order valence-electron chi connectivity index (χ2n) is 4.91. The molecule has 1 unspecified atom stereocenters. The standard InChI is InChI=1S/C15H22N6S.HI/c1-12(22-13-7-5-4-6-8-13)9-17-15(16-2)18-10-14-20-19-11-21(14)3;/h4-8,11-12H,9-10H2,1-3H3,(H2,16,17,18);1H. The Bertz CT molecular complexity index is 601. The number of hydrogen-bond donors (Lipinski definition) is 2. The first kappa shape index (κ1) is 19.8. The number of guanidine groups is 1. The predicted octanol–water partition coefficient (Wildman–Crippen LogP) is 2.28. The molecule has 1 atom stereocenters. The number of hydrogen-bond acceptors (Lipinski definition) is 4. The van der Waals surface area contributed by atoms with E-state index in [4.69, 9.17) is 0 Å². The zero-order chi connectivity index (χ0) is 15.8.